The molecule has 1 amide bonds. The smallest absolute Gasteiger partial charge is 0.230 e. The largest absolute Gasteiger partial charge is 0.352 e. The molecule has 5 nitrogen and oxygen atoms in total. The second-order valence-electron chi connectivity index (χ2n) is 6.97. The first-order valence-electron chi connectivity index (χ1n) is 9.17. The molecule has 2 fully saturated rings. The minimum atomic E-state index is 0.126. The van der Waals surface area contributed by atoms with Gasteiger partial charge in [-0.05, 0) is 44.4 Å². The fourth-order valence-corrected chi connectivity index (χ4v) is 4.18. The van der Waals surface area contributed by atoms with E-state index in [1.165, 1.54) is 37.4 Å². The van der Waals surface area contributed by atoms with Crippen molar-refractivity contribution in [1.29, 1.82) is 0 Å². The molecule has 0 radical (unpaired) electrons. The van der Waals surface area contributed by atoms with Crippen molar-refractivity contribution < 1.29 is 4.79 Å². The standard InChI is InChI=1S/C19H24N4OS/c1-2-23-18(15-6-4-3-5-7-15)21-22-19(23)25-12-16(24)20-17(13-8-9-13)14-10-11-14/h3-7,13-14,17H,2,8-12H2,1H3,(H,20,24). The van der Waals surface area contributed by atoms with Crippen molar-refractivity contribution in [2.45, 2.75) is 50.4 Å². The Morgan fingerprint density at radius 2 is 1.88 bits per heavy atom. The third-order valence-corrected chi connectivity index (χ3v) is 5.95. The van der Waals surface area contributed by atoms with E-state index in [-0.39, 0.29) is 5.91 Å². The van der Waals surface area contributed by atoms with Gasteiger partial charge in [0.1, 0.15) is 0 Å². The van der Waals surface area contributed by atoms with Crippen LogP contribution in [0.4, 0.5) is 0 Å². The number of thioether (sulfide) groups is 1. The number of amides is 1. The van der Waals surface area contributed by atoms with E-state index in [0.29, 0.717) is 11.8 Å². The second-order valence-corrected chi connectivity index (χ2v) is 7.92. The molecule has 2 aromatic rings. The van der Waals surface area contributed by atoms with Crippen molar-refractivity contribution in [3.05, 3.63) is 30.3 Å². The van der Waals surface area contributed by atoms with Crippen LogP contribution in [0.1, 0.15) is 32.6 Å². The van der Waals surface area contributed by atoms with E-state index in [4.69, 9.17) is 0 Å². The van der Waals surface area contributed by atoms with Gasteiger partial charge < -0.3 is 9.88 Å². The van der Waals surface area contributed by atoms with Crippen molar-refractivity contribution in [3.63, 3.8) is 0 Å². The van der Waals surface area contributed by atoms with Gasteiger partial charge >= 0.3 is 0 Å². The lowest BCUT2D eigenvalue weighted by atomic mass is 10.1. The molecule has 1 aromatic carbocycles. The molecule has 25 heavy (non-hydrogen) atoms. The normalized spacial score (nSPS) is 17.0. The summed E-state index contributed by atoms with van der Waals surface area (Å²) in [4.78, 5) is 12.4. The molecule has 2 saturated carbocycles. The van der Waals surface area contributed by atoms with Crippen LogP contribution in [-0.2, 0) is 11.3 Å². The van der Waals surface area contributed by atoms with Crippen molar-refractivity contribution in [1.82, 2.24) is 20.1 Å². The predicted molar refractivity (Wildman–Crippen MR) is 99.2 cm³/mol. The molecule has 0 spiro atoms. The van der Waals surface area contributed by atoms with E-state index >= 15 is 0 Å². The van der Waals surface area contributed by atoms with Crippen LogP contribution in [0.25, 0.3) is 11.4 Å². The zero-order valence-corrected chi connectivity index (χ0v) is 15.3. The summed E-state index contributed by atoms with van der Waals surface area (Å²) in [6.45, 7) is 2.87. The average molecular weight is 356 g/mol. The molecule has 0 bridgehead atoms. The van der Waals surface area contributed by atoms with Crippen LogP contribution in [-0.4, -0.2) is 32.5 Å². The minimum Gasteiger partial charge on any atom is -0.352 e. The fraction of sp³-hybridized carbons (Fsp3) is 0.526. The van der Waals surface area contributed by atoms with Crippen LogP contribution in [0.2, 0.25) is 0 Å². The molecular weight excluding hydrogens is 332 g/mol. The molecule has 0 aliphatic heterocycles. The van der Waals surface area contributed by atoms with E-state index in [9.17, 15) is 4.79 Å². The van der Waals surface area contributed by atoms with Gasteiger partial charge in [-0.1, -0.05) is 42.1 Å². The molecular formula is C19H24N4OS. The first kappa shape index (κ1) is 16.6. The highest BCUT2D eigenvalue weighted by Crippen LogP contribution is 2.44. The molecule has 4 rings (SSSR count). The zero-order valence-electron chi connectivity index (χ0n) is 14.5. The molecule has 2 aliphatic carbocycles. The molecule has 6 heteroatoms. The van der Waals surface area contributed by atoms with Crippen LogP contribution in [0.5, 0.6) is 0 Å². The van der Waals surface area contributed by atoms with Gasteiger partial charge in [-0.25, -0.2) is 0 Å². The van der Waals surface area contributed by atoms with Crippen molar-refractivity contribution in [3.8, 4) is 11.4 Å². The van der Waals surface area contributed by atoms with E-state index in [1.54, 1.807) is 0 Å². The molecule has 0 unspecified atom stereocenters. The highest BCUT2D eigenvalue weighted by atomic mass is 32.2. The summed E-state index contributed by atoms with van der Waals surface area (Å²) >= 11 is 1.48. The third kappa shape index (κ3) is 3.89. The lowest BCUT2D eigenvalue weighted by molar-refractivity contribution is -0.119. The average Bonchev–Trinajstić information content (AvgIpc) is 3.56. The number of benzene rings is 1. The molecule has 0 atom stereocenters. The molecule has 1 heterocycles. The highest BCUT2D eigenvalue weighted by molar-refractivity contribution is 7.99. The lowest BCUT2D eigenvalue weighted by Gasteiger charge is -2.17. The van der Waals surface area contributed by atoms with Gasteiger partial charge in [0.2, 0.25) is 5.91 Å². The first-order chi connectivity index (χ1) is 12.3. The van der Waals surface area contributed by atoms with Crippen molar-refractivity contribution >= 4 is 17.7 Å². The highest BCUT2D eigenvalue weighted by Gasteiger charge is 2.42. The minimum absolute atomic E-state index is 0.126. The van der Waals surface area contributed by atoms with Gasteiger partial charge in [-0.15, -0.1) is 10.2 Å². The summed E-state index contributed by atoms with van der Waals surface area (Å²) in [6, 6.07) is 10.5. The van der Waals surface area contributed by atoms with Crippen LogP contribution >= 0.6 is 11.8 Å². The van der Waals surface area contributed by atoms with E-state index in [0.717, 1.165) is 34.9 Å². The fourth-order valence-electron chi connectivity index (χ4n) is 3.37. The van der Waals surface area contributed by atoms with Gasteiger partial charge in [0.25, 0.3) is 0 Å². The molecule has 132 valence electrons. The lowest BCUT2D eigenvalue weighted by Crippen LogP contribution is -2.39. The SMILES string of the molecule is CCn1c(SCC(=O)NC(C2CC2)C2CC2)nnc1-c1ccccc1. The zero-order chi connectivity index (χ0) is 17.2. The number of aromatic nitrogens is 3. The van der Waals surface area contributed by atoms with Gasteiger partial charge in [0.15, 0.2) is 11.0 Å². The molecule has 1 aromatic heterocycles. The Morgan fingerprint density at radius 1 is 1.20 bits per heavy atom. The Morgan fingerprint density at radius 3 is 2.48 bits per heavy atom. The summed E-state index contributed by atoms with van der Waals surface area (Å²) in [7, 11) is 0. The monoisotopic (exact) mass is 356 g/mol. The summed E-state index contributed by atoms with van der Waals surface area (Å²) in [5.74, 6) is 2.85. The summed E-state index contributed by atoms with van der Waals surface area (Å²) in [5.41, 5.74) is 1.05. The summed E-state index contributed by atoms with van der Waals surface area (Å²) in [5, 5.41) is 12.7. The maximum atomic E-state index is 12.4. The topological polar surface area (TPSA) is 59.8 Å². The number of carbonyl (C=O) groups excluding carboxylic acids is 1. The van der Waals surface area contributed by atoms with Crippen molar-refractivity contribution in [2.24, 2.45) is 11.8 Å². The number of hydrogen-bond donors (Lipinski definition) is 1. The van der Waals surface area contributed by atoms with Gasteiger partial charge in [0.05, 0.1) is 5.75 Å². The maximum absolute atomic E-state index is 12.4. The predicted octanol–water partition coefficient (Wildman–Crippen LogP) is 3.36. The Bertz CT molecular complexity index is 725. The third-order valence-electron chi connectivity index (χ3n) is 4.98. The number of carbonyl (C=O) groups is 1. The Kier molecular flexibility index (Phi) is 4.79. The summed E-state index contributed by atoms with van der Waals surface area (Å²) < 4.78 is 2.08. The van der Waals surface area contributed by atoms with E-state index < -0.39 is 0 Å². The van der Waals surface area contributed by atoms with Crippen LogP contribution in [0.15, 0.2) is 35.5 Å². The molecule has 2 aliphatic rings. The maximum Gasteiger partial charge on any atom is 0.230 e. The van der Waals surface area contributed by atoms with Crippen LogP contribution in [0.3, 0.4) is 0 Å². The Labute approximate surface area is 152 Å². The Hall–Kier alpha value is -1.82. The number of nitrogens with one attached hydrogen (secondary N) is 1. The van der Waals surface area contributed by atoms with Crippen LogP contribution < -0.4 is 5.32 Å². The van der Waals surface area contributed by atoms with E-state index in [2.05, 4.69) is 27.0 Å². The van der Waals surface area contributed by atoms with Gasteiger partial charge in [0, 0.05) is 18.2 Å². The summed E-state index contributed by atoms with van der Waals surface area (Å²) in [6.07, 6.45) is 5.11. The Balaban J connectivity index is 1.39. The first-order valence-corrected chi connectivity index (χ1v) is 10.2. The van der Waals surface area contributed by atoms with Gasteiger partial charge in [-0.2, -0.15) is 0 Å². The number of hydrogen-bond acceptors (Lipinski definition) is 4. The number of rotatable bonds is 8. The molecule has 1 N–H and O–H groups in total. The molecule has 0 saturated heterocycles. The van der Waals surface area contributed by atoms with Crippen molar-refractivity contribution in [2.75, 3.05) is 5.75 Å². The number of nitrogens with zero attached hydrogens (tertiary/aromatic N) is 3. The van der Waals surface area contributed by atoms with Gasteiger partial charge in [-0.3, -0.25) is 4.79 Å². The second kappa shape index (κ2) is 7.20. The van der Waals surface area contributed by atoms with Crippen LogP contribution in [0, 0.1) is 11.8 Å². The van der Waals surface area contributed by atoms with E-state index in [1.807, 2.05) is 30.3 Å². The quantitative estimate of drug-likeness (QED) is 0.737.